The van der Waals surface area contributed by atoms with E-state index in [0.717, 1.165) is 11.8 Å². The van der Waals surface area contributed by atoms with Crippen LogP contribution in [0.2, 0.25) is 0 Å². The number of rotatable bonds is 3. The number of carbonyl (C=O) groups is 2. The van der Waals surface area contributed by atoms with Gasteiger partial charge in [-0.25, -0.2) is 8.42 Å². The third-order valence-corrected chi connectivity index (χ3v) is 5.70. The molecule has 24 heavy (non-hydrogen) atoms. The summed E-state index contributed by atoms with van der Waals surface area (Å²) in [4.78, 5) is 27.9. The second-order valence-corrected chi connectivity index (χ2v) is 7.91. The van der Waals surface area contributed by atoms with Crippen molar-refractivity contribution in [2.75, 3.05) is 39.0 Å². The molecule has 2 amide bonds. The van der Waals surface area contributed by atoms with E-state index >= 15 is 0 Å². The standard InChI is InChI=1S/C16H19N3O4S/c1-12-13-5-3-4-6-14(13)16(21)19(12)11-15(20)17-7-9-18(10-8-17)24(2,22)23/h3-6H,1,7-11H2,2H3. The zero-order valence-electron chi connectivity index (χ0n) is 13.4. The first-order valence-electron chi connectivity index (χ1n) is 7.62. The molecule has 8 heteroatoms. The van der Waals surface area contributed by atoms with Gasteiger partial charge in [0.15, 0.2) is 0 Å². The summed E-state index contributed by atoms with van der Waals surface area (Å²) in [5.41, 5.74) is 1.83. The Bertz CT molecular complexity index is 775. The number of amides is 2. The van der Waals surface area contributed by atoms with Gasteiger partial charge in [-0.15, -0.1) is 0 Å². The Morgan fingerprint density at radius 1 is 1.12 bits per heavy atom. The van der Waals surface area contributed by atoms with Gasteiger partial charge in [0.25, 0.3) is 5.91 Å². The lowest BCUT2D eigenvalue weighted by Gasteiger charge is -2.34. The van der Waals surface area contributed by atoms with Crippen LogP contribution in [0.3, 0.4) is 0 Å². The van der Waals surface area contributed by atoms with Crippen LogP contribution in [-0.4, -0.2) is 73.3 Å². The van der Waals surface area contributed by atoms with Crippen molar-refractivity contribution in [3.63, 3.8) is 0 Å². The van der Waals surface area contributed by atoms with Crippen LogP contribution in [-0.2, 0) is 14.8 Å². The normalized spacial score (nSPS) is 18.9. The monoisotopic (exact) mass is 349 g/mol. The second-order valence-electron chi connectivity index (χ2n) is 5.93. The highest BCUT2D eigenvalue weighted by atomic mass is 32.2. The molecule has 3 rings (SSSR count). The maximum Gasteiger partial charge on any atom is 0.259 e. The predicted octanol–water partition coefficient (Wildman–Crippen LogP) is 0.217. The molecule has 0 saturated carbocycles. The van der Waals surface area contributed by atoms with E-state index in [9.17, 15) is 18.0 Å². The lowest BCUT2D eigenvalue weighted by Crippen LogP contribution is -2.52. The molecule has 2 heterocycles. The first kappa shape index (κ1) is 16.7. The van der Waals surface area contributed by atoms with Gasteiger partial charge >= 0.3 is 0 Å². The molecule has 0 atom stereocenters. The Morgan fingerprint density at radius 2 is 1.71 bits per heavy atom. The molecule has 0 spiro atoms. The lowest BCUT2D eigenvalue weighted by atomic mass is 10.1. The van der Waals surface area contributed by atoms with Crippen LogP contribution in [0.5, 0.6) is 0 Å². The number of hydrogen-bond donors (Lipinski definition) is 0. The van der Waals surface area contributed by atoms with E-state index < -0.39 is 10.0 Å². The van der Waals surface area contributed by atoms with E-state index in [2.05, 4.69) is 6.58 Å². The fourth-order valence-electron chi connectivity index (χ4n) is 3.01. The molecule has 0 N–H and O–H groups in total. The molecular formula is C16H19N3O4S. The molecule has 1 aromatic carbocycles. The zero-order chi connectivity index (χ0) is 17.5. The summed E-state index contributed by atoms with van der Waals surface area (Å²) >= 11 is 0. The van der Waals surface area contributed by atoms with Gasteiger partial charge in [0.05, 0.1) is 6.26 Å². The molecule has 0 aliphatic carbocycles. The van der Waals surface area contributed by atoms with Gasteiger partial charge in [-0.2, -0.15) is 4.31 Å². The molecule has 0 aromatic heterocycles. The number of carbonyl (C=O) groups excluding carboxylic acids is 2. The number of nitrogens with zero attached hydrogens (tertiary/aromatic N) is 3. The summed E-state index contributed by atoms with van der Waals surface area (Å²) in [7, 11) is -3.23. The van der Waals surface area contributed by atoms with Gasteiger partial charge in [0.2, 0.25) is 15.9 Å². The fourth-order valence-corrected chi connectivity index (χ4v) is 3.83. The summed E-state index contributed by atoms with van der Waals surface area (Å²) in [6.45, 7) is 5.05. The summed E-state index contributed by atoms with van der Waals surface area (Å²) in [6, 6.07) is 7.13. The summed E-state index contributed by atoms with van der Waals surface area (Å²) in [5, 5.41) is 0. The highest BCUT2D eigenvalue weighted by molar-refractivity contribution is 7.88. The van der Waals surface area contributed by atoms with Crippen molar-refractivity contribution >= 4 is 27.5 Å². The third-order valence-electron chi connectivity index (χ3n) is 4.39. The van der Waals surface area contributed by atoms with Crippen molar-refractivity contribution in [2.24, 2.45) is 0 Å². The number of benzene rings is 1. The van der Waals surface area contributed by atoms with E-state index in [1.54, 1.807) is 17.0 Å². The Hall–Kier alpha value is -2.19. The molecule has 7 nitrogen and oxygen atoms in total. The van der Waals surface area contributed by atoms with Crippen LogP contribution in [0.1, 0.15) is 15.9 Å². The number of sulfonamides is 1. The maximum atomic E-state index is 12.5. The van der Waals surface area contributed by atoms with Gasteiger partial charge in [-0.3, -0.25) is 14.5 Å². The van der Waals surface area contributed by atoms with Crippen LogP contribution in [0.4, 0.5) is 0 Å². The summed E-state index contributed by atoms with van der Waals surface area (Å²) < 4.78 is 24.4. The molecule has 128 valence electrons. The van der Waals surface area contributed by atoms with Crippen molar-refractivity contribution in [2.45, 2.75) is 0 Å². The SMILES string of the molecule is C=C1c2ccccc2C(=O)N1CC(=O)N1CCN(S(C)(=O)=O)CC1. The minimum atomic E-state index is -3.23. The Kier molecular flexibility index (Phi) is 4.18. The average Bonchev–Trinajstić information content (AvgIpc) is 2.79. The van der Waals surface area contributed by atoms with Gasteiger partial charge < -0.3 is 4.90 Å². The van der Waals surface area contributed by atoms with E-state index in [1.165, 1.54) is 9.21 Å². The minimum Gasteiger partial charge on any atom is -0.339 e. The van der Waals surface area contributed by atoms with E-state index in [1.807, 2.05) is 12.1 Å². The molecule has 2 aliphatic heterocycles. The van der Waals surface area contributed by atoms with Crippen LogP contribution >= 0.6 is 0 Å². The van der Waals surface area contributed by atoms with Crippen molar-refractivity contribution in [3.05, 3.63) is 42.0 Å². The van der Waals surface area contributed by atoms with Gasteiger partial charge in [0.1, 0.15) is 6.54 Å². The highest BCUT2D eigenvalue weighted by Gasteiger charge is 2.34. The molecule has 1 saturated heterocycles. The summed E-state index contributed by atoms with van der Waals surface area (Å²) in [5.74, 6) is -0.427. The van der Waals surface area contributed by atoms with Crippen LogP contribution in [0.25, 0.3) is 5.70 Å². The first-order valence-corrected chi connectivity index (χ1v) is 9.47. The highest BCUT2D eigenvalue weighted by Crippen LogP contribution is 2.30. The van der Waals surface area contributed by atoms with Crippen molar-refractivity contribution in [1.82, 2.24) is 14.1 Å². The number of fused-ring (bicyclic) bond motifs is 1. The molecule has 1 fully saturated rings. The molecule has 0 bridgehead atoms. The molecule has 2 aliphatic rings. The Morgan fingerprint density at radius 3 is 2.25 bits per heavy atom. The maximum absolute atomic E-state index is 12.5. The van der Waals surface area contributed by atoms with Gasteiger partial charge in [0, 0.05) is 43.0 Å². The van der Waals surface area contributed by atoms with Crippen molar-refractivity contribution in [1.29, 1.82) is 0 Å². The molecule has 0 radical (unpaired) electrons. The molecular weight excluding hydrogens is 330 g/mol. The third kappa shape index (κ3) is 2.94. The Balaban J connectivity index is 1.65. The predicted molar refractivity (Wildman–Crippen MR) is 89.5 cm³/mol. The quantitative estimate of drug-likeness (QED) is 0.782. The van der Waals surface area contributed by atoms with Gasteiger partial charge in [-0.1, -0.05) is 24.8 Å². The fraction of sp³-hybridized carbons (Fsp3) is 0.375. The van der Waals surface area contributed by atoms with Crippen LogP contribution in [0, 0.1) is 0 Å². The first-order chi connectivity index (χ1) is 11.3. The molecule has 0 unspecified atom stereocenters. The smallest absolute Gasteiger partial charge is 0.259 e. The van der Waals surface area contributed by atoms with E-state index in [-0.39, 0.29) is 31.4 Å². The second kappa shape index (κ2) is 6.03. The minimum absolute atomic E-state index is 0.0782. The van der Waals surface area contributed by atoms with E-state index in [4.69, 9.17) is 0 Å². The average molecular weight is 349 g/mol. The van der Waals surface area contributed by atoms with Crippen molar-refractivity contribution in [3.8, 4) is 0 Å². The number of piperazine rings is 1. The summed E-state index contributed by atoms with van der Waals surface area (Å²) in [6.07, 6.45) is 1.16. The topological polar surface area (TPSA) is 78.0 Å². The lowest BCUT2D eigenvalue weighted by molar-refractivity contribution is -0.132. The van der Waals surface area contributed by atoms with Crippen molar-refractivity contribution < 1.29 is 18.0 Å². The van der Waals surface area contributed by atoms with E-state index in [0.29, 0.717) is 24.4 Å². The number of hydrogen-bond acceptors (Lipinski definition) is 4. The zero-order valence-corrected chi connectivity index (χ0v) is 14.3. The van der Waals surface area contributed by atoms with Gasteiger partial charge in [-0.05, 0) is 6.07 Å². The van der Waals surface area contributed by atoms with Crippen LogP contribution < -0.4 is 0 Å². The van der Waals surface area contributed by atoms with Crippen LogP contribution in [0.15, 0.2) is 30.8 Å². The molecule has 1 aromatic rings. The largest absolute Gasteiger partial charge is 0.339 e. The Labute approximate surface area is 141 Å².